The van der Waals surface area contributed by atoms with Gasteiger partial charge in [-0.25, -0.2) is 9.78 Å². The number of amides is 3. The van der Waals surface area contributed by atoms with Crippen molar-refractivity contribution in [3.05, 3.63) is 30.1 Å². The normalized spacial score (nSPS) is 19.7. The maximum atomic E-state index is 13.1. The van der Waals surface area contributed by atoms with Crippen molar-refractivity contribution >= 4 is 23.0 Å². The van der Waals surface area contributed by atoms with Crippen LogP contribution in [0.4, 0.5) is 4.79 Å². The highest BCUT2D eigenvalue weighted by Gasteiger charge is 2.29. The SMILES string of the molecule is COCCCn1c(C2CCCN(C(=O)CC(N)CNC(=O)N3CCOCC3)C2)nc2ccccc21. The molecule has 1 aromatic carbocycles. The van der Waals surface area contributed by atoms with Crippen LogP contribution in [0.2, 0.25) is 0 Å². The van der Waals surface area contributed by atoms with E-state index in [1.165, 1.54) is 0 Å². The van der Waals surface area contributed by atoms with E-state index in [0.29, 0.717) is 39.5 Å². The molecule has 1 aromatic heterocycles. The molecule has 2 aromatic rings. The fourth-order valence-corrected chi connectivity index (χ4v) is 4.94. The number of carbonyl (C=O) groups excluding carboxylic acids is 2. The number of carbonyl (C=O) groups is 2. The second kappa shape index (κ2) is 12.3. The standard InChI is InChI=1S/C25H38N6O4/c1-34-13-5-10-31-22-8-3-2-7-21(22)28-24(31)19-6-4-9-30(18-19)23(32)16-20(26)17-27-25(33)29-11-14-35-15-12-29/h2-3,7-8,19-20H,4-6,9-18,26H2,1H3,(H,27,33). The molecular weight excluding hydrogens is 448 g/mol. The Balaban J connectivity index is 1.34. The number of nitrogens with one attached hydrogen (secondary N) is 1. The average molecular weight is 487 g/mol. The van der Waals surface area contributed by atoms with Crippen molar-refractivity contribution in [3.63, 3.8) is 0 Å². The van der Waals surface area contributed by atoms with Gasteiger partial charge in [0, 0.05) is 71.4 Å². The van der Waals surface area contributed by atoms with E-state index >= 15 is 0 Å². The van der Waals surface area contributed by atoms with Crippen LogP contribution in [0, 0.1) is 0 Å². The Kier molecular flexibility index (Phi) is 8.95. The Morgan fingerprint density at radius 2 is 2.03 bits per heavy atom. The van der Waals surface area contributed by atoms with Gasteiger partial charge in [-0.05, 0) is 31.4 Å². The molecule has 0 bridgehead atoms. The van der Waals surface area contributed by atoms with Gasteiger partial charge in [0.15, 0.2) is 0 Å². The first-order valence-electron chi connectivity index (χ1n) is 12.6. The van der Waals surface area contributed by atoms with Crippen molar-refractivity contribution in [2.75, 3.05) is 59.7 Å². The van der Waals surface area contributed by atoms with Crippen LogP contribution in [0.25, 0.3) is 11.0 Å². The zero-order valence-electron chi connectivity index (χ0n) is 20.7. The third-order valence-electron chi connectivity index (χ3n) is 6.80. The van der Waals surface area contributed by atoms with Gasteiger partial charge in [0.05, 0.1) is 24.2 Å². The number of piperidine rings is 1. The van der Waals surface area contributed by atoms with E-state index in [1.807, 2.05) is 23.1 Å². The number of para-hydroxylation sites is 2. The monoisotopic (exact) mass is 486 g/mol. The Bertz CT molecular complexity index is 989. The summed E-state index contributed by atoms with van der Waals surface area (Å²) in [4.78, 5) is 33.9. The molecule has 0 radical (unpaired) electrons. The van der Waals surface area contributed by atoms with Crippen LogP contribution in [0.5, 0.6) is 0 Å². The first kappa shape index (κ1) is 25.4. The first-order valence-corrected chi connectivity index (χ1v) is 12.6. The number of imidazole rings is 1. The van der Waals surface area contributed by atoms with Crippen LogP contribution >= 0.6 is 0 Å². The van der Waals surface area contributed by atoms with Crippen LogP contribution in [0.1, 0.15) is 37.4 Å². The fraction of sp³-hybridized carbons (Fsp3) is 0.640. The second-order valence-corrected chi connectivity index (χ2v) is 9.39. The Labute approximate surface area is 206 Å². The van der Waals surface area contributed by atoms with Gasteiger partial charge in [-0.3, -0.25) is 4.79 Å². The number of urea groups is 1. The van der Waals surface area contributed by atoms with Gasteiger partial charge in [-0.15, -0.1) is 0 Å². The minimum Gasteiger partial charge on any atom is -0.385 e. The van der Waals surface area contributed by atoms with E-state index in [-0.39, 0.29) is 30.8 Å². The second-order valence-electron chi connectivity index (χ2n) is 9.39. The molecule has 0 saturated carbocycles. The van der Waals surface area contributed by atoms with Gasteiger partial charge in [0.1, 0.15) is 5.82 Å². The van der Waals surface area contributed by atoms with Gasteiger partial charge in [-0.2, -0.15) is 0 Å². The quantitative estimate of drug-likeness (QED) is 0.520. The summed E-state index contributed by atoms with van der Waals surface area (Å²) in [6.45, 7) is 5.42. The number of nitrogens with two attached hydrogens (primary N) is 1. The number of rotatable bonds is 9. The Hall–Kier alpha value is -2.69. The lowest BCUT2D eigenvalue weighted by atomic mass is 9.96. The maximum Gasteiger partial charge on any atom is 0.317 e. The molecule has 3 heterocycles. The zero-order chi connectivity index (χ0) is 24.6. The molecule has 0 spiro atoms. The zero-order valence-corrected chi connectivity index (χ0v) is 20.7. The van der Waals surface area contributed by atoms with Crippen molar-refractivity contribution in [3.8, 4) is 0 Å². The fourth-order valence-electron chi connectivity index (χ4n) is 4.94. The summed E-state index contributed by atoms with van der Waals surface area (Å²) < 4.78 is 12.8. The van der Waals surface area contributed by atoms with Gasteiger partial charge < -0.3 is 34.9 Å². The predicted octanol–water partition coefficient (Wildman–Crippen LogP) is 1.54. The largest absolute Gasteiger partial charge is 0.385 e. The third-order valence-corrected chi connectivity index (χ3v) is 6.80. The summed E-state index contributed by atoms with van der Waals surface area (Å²) in [5.74, 6) is 1.26. The molecule has 35 heavy (non-hydrogen) atoms. The van der Waals surface area contributed by atoms with E-state index in [4.69, 9.17) is 20.2 Å². The molecule has 2 aliphatic rings. The number of aryl methyl sites for hydroxylation is 1. The number of aromatic nitrogens is 2. The molecule has 0 aliphatic carbocycles. The highest BCUT2D eigenvalue weighted by molar-refractivity contribution is 5.78. The van der Waals surface area contributed by atoms with Crippen LogP contribution in [-0.2, 0) is 20.8 Å². The van der Waals surface area contributed by atoms with Crippen molar-refractivity contribution in [2.24, 2.45) is 5.73 Å². The van der Waals surface area contributed by atoms with Crippen LogP contribution in [0.3, 0.4) is 0 Å². The van der Waals surface area contributed by atoms with Crippen molar-refractivity contribution in [1.29, 1.82) is 0 Å². The molecule has 2 aliphatic heterocycles. The number of benzene rings is 1. The number of methoxy groups -OCH3 is 1. The van der Waals surface area contributed by atoms with E-state index in [9.17, 15) is 9.59 Å². The summed E-state index contributed by atoms with van der Waals surface area (Å²) in [5.41, 5.74) is 8.33. The molecular formula is C25H38N6O4. The number of nitrogens with zero attached hydrogens (tertiary/aromatic N) is 4. The summed E-state index contributed by atoms with van der Waals surface area (Å²) >= 11 is 0. The molecule has 2 unspecified atom stereocenters. The van der Waals surface area contributed by atoms with Crippen molar-refractivity contribution < 1.29 is 19.1 Å². The lowest BCUT2D eigenvalue weighted by Gasteiger charge is -2.33. The summed E-state index contributed by atoms with van der Waals surface area (Å²) in [6.07, 6.45) is 3.05. The molecule has 2 atom stereocenters. The van der Waals surface area contributed by atoms with Crippen LogP contribution in [-0.4, -0.2) is 97.0 Å². The number of ether oxygens (including phenoxy) is 2. The van der Waals surface area contributed by atoms with E-state index in [0.717, 1.165) is 49.2 Å². The average Bonchev–Trinajstić information content (AvgIpc) is 3.26. The predicted molar refractivity (Wildman–Crippen MR) is 133 cm³/mol. The number of likely N-dealkylation sites (tertiary alicyclic amines) is 1. The molecule has 3 amide bonds. The lowest BCUT2D eigenvalue weighted by molar-refractivity contribution is -0.132. The summed E-state index contributed by atoms with van der Waals surface area (Å²) in [7, 11) is 1.72. The number of fused-ring (bicyclic) bond motifs is 1. The molecule has 2 saturated heterocycles. The Morgan fingerprint density at radius 3 is 2.83 bits per heavy atom. The van der Waals surface area contributed by atoms with E-state index < -0.39 is 6.04 Å². The Morgan fingerprint density at radius 1 is 1.23 bits per heavy atom. The van der Waals surface area contributed by atoms with Crippen molar-refractivity contribution in [2.45, 2.75) is 44.2 Å². The van der Waals surface area contributed by atoms with Gasteiger partial charge in [0.2, 0.25) is 5.91 Å². The molecule has 4 rings (SSSR count). The maximum absolute atomic E-state index is 13.1. The minimum absolute atomic E-state index is 0.0323. The molecule has 10 nitrogen and oxygen atoms in total. The summed E-state index contributed by atoms with van der Waals surface area (Å²) in [5, 5.41) is 2.85. The van der Waals surface area contributed by atoms with E-state index in [1.54, 1.807) is 12.0 Å². The van der Waals surface area contributed by atoms with Crippen molar-refractivity contribution in [1.82, 2.24) is 24.7 Å². The topological polar surface area (TPSA) is 115 Å². The van der Waals surface area contributed by atoms with Gasteiger partial charge in [0.25, 0.3) is 0 Å². The molecule has 10 heteroatoms. The molecule has 192 valence electrons. The smallest absolute Gasteiger partial charge is 0.317 e. The molecule has 2 fully saturated rings. The van der Waals surface area contributed by atoms with Crippen LogP contribution in [0.15, 0.2) is 24.3 Å². The van der Waals surface area contributed by atoms with Gasteiger partial charge >= 0.3 is 6.03 Å². The highest BCUT2D eigenvalue weighted by atomic mass is 16.5. The minimum atomic E-state index is -0.425. The molecule has 3 N–H and O–H groups in total. The van der Waals surface area contributed by atoms with Gasteiger partial charge in [-0.1, -0.05) is 12.1 Å². The van der Waals surface area contributed by atoms with Crippen LogP contribution < -0.4 is 11.1 Å². The number of hydrogen-bond donors (Lipinski definition) is 2. The number of hydrogen-bond acceptors (Lipinski definition) is 6. The third kappa shape index (κ3) is 6.50. The van der Waals surface area contributed by atoms with E-state index in [2.05, 4.69) is 16.0 Å². The number of morpholine rings is 1. The lowest BCUT2D eigenvalue weighted by Crippen LogP contribution is -2.50. The highest BCUT2D eigenvalue weighted by Crippen LogP contribution is 2.30. The first-order chi connectivity index (χ1) is 17.1. The summed E-state index contributed by atoms with van der Waals surface area (Å²) in [6, 6.07) is 7.62.